The molecule has 0 spiro atoms. The molecule has 0 radical (unpaired) electrons. The van der Waals surface area contributed by atoms with Gasteiger partial charge in [-0.3, -0.25) is 0 Å². The predicted octanol–water partition coefficient (Wildman–Crippen LogP) is 1.16. The molecule has 0 rings (SSSR count). The van der Waals surface area contributed by atoms with Crippen molar-refractivity contribution in [2.75, 3.05) is 6.54 Å². The van der Waals surface area contributed by atoms with Crippen LogP contribution in [0.15, 0.2) is 11.1 Å². The molecular formula is C4H6BrNO2. The van der Waals surface area contributed by atoms with Gasteiger partial charge in [-0.1, -0.05) is 22.5 Å². The first-order valence-corrected chi connectivity index (χ1v) is 2.72. The number of halogens is 1. The average Bonchev–Trinajstić information content (AvgIpc) is 1.61. The van der Waals surface area contributed by atoms with Gasteiger partial charge in [-0.05, 0) is 0 Å². The van der Waals surface area contributed by atoms with Crippen LogP contribution in [0.1, 0.15) is 0 Å². The minimum absolute atomic E-state index is 0.259. The molecule has 4 heteroatoms. The number of hydrogen-bond acceptors (Lipinski definition) is 1. The molecule has 8 heavy (non-hydrogen) atoms. The maximum Gasteiger partial charge on any atom is 0.404 e. The fraction of sp³-hybridized carbons (Fsp3) is 0.250. The van der Waals surface area contributed by atoms with Gasteiger partial charge in [-0.15, -0.1) is 0 Å². The Balaban J connectivity index is 3.18. The second-order valence-electron chi connectivity index (χ2n) is 1.18. The molecule has 0 saturated heterocycles. The van der Waals surface area contributed by atoms with Crippen molar-refractivity contribution in [2.24, 2.45) is 0 Å². The van der Waals surface area contributed by atoms with Crippen molar-refractivity contribution in [3.05, 3.63) is 11.1 Å². The second kappa shape index (κ2) is 3.49. The van der Waals surface area contributed by atoms with Gasteiger partial charge < -0.3 is 10.4 Å². The van der Waals surface area contributed by atoms with E-state index in [1.165, 1.54) is 0 Å². The zero-order valence-electron chi connectivity index (χ0n) is 4.15. The molecule has 0 atom stereocenters. The van der Waals surface area contributed by atoms with E-state index < -0.39 is 6.09 Å². The highest BCUT2D eigenvalue weighted by molar-refractivity contribution is 9.11. The highest BCUT2D eigenvalue weighted by atomic mass is 79.9. The first-order valence-electron chi connectivity index (χ1n) is 1.93. The summed E-state index contributed by atoms with van der Waals surface area (Å²) in [6.07, 6.45) is -1.04. The molecule has 0 bridgehead atoms. The SMILES string of the molecule is C=C(Br)CNC(=O)O. The summed E-state index contributed by atoms with van der Waals surface area (Å²) in [6.45, 7) is 3.68. The first-order chi connectivity index (χ1) is 3.63. The Kier molecular flexibility index (Phi) is 3.26. The zero-order valence-corrected chi connectivity index (χ0v) is 5.73. The maximum absolute atomic E-state index is 9.73. The Hall–Kier alpha value is -0.510. The van der Waals surface area contributed by atoms with E-state index in [1.807, 2.05) is 0 Å². The Labute approximate surface area is 55.5 Å². The maximum atomic E-state index is 9.73. The van der Waals surface area contributed by atoms with Crippen LogP contribution in [-0.2, 0) is 0 Å². The molecule has 46 valence electrons. The van der Waals surface area contributed by atoms with E-state index in [1.54, 1.807) is 0 Å². The summed E-state index contributed by atoms with van der Waals surface area (Å²) in [5.41, 5.74) is 0. The van der Waals surface area contributed by atoms with Gasteiger partial charge in [0.25, 0.3) is 0 Å². The van der Waals surface area contributed by atoms with E-state index in [4.69, 9.17) is 5.11 Å². The molecule has 0 heterocycles. The molecule has 1 amide bonds. The van der Waals surface area contributed by atoms with Crippen molar-refractivity contribution in [1.29, 1.82) is 0 Å². The quantitative estimate of drug-likeness (QED) is 0.669. The van der Waals surface area contributed by atoms with E-state index in [0.717, 1.165) is 0 Å². The number of amides is 1. The van der Waals surface area contributed by atoms with E-state index in [-0.39, 0.29) is 6.54 Å². The molecule has 0 aliphatic heterocycles. The first kappa shape index (κ1) is 7.49. The third kappa shape index (κ3) is 5.49. The number of carbonyl (C=O) groups is 1. The van der Waals surface area contributed by atoms with Crippen LogP contribution in [0.4, 0.5) is 4.79 Å². The van der Waals surface area contributed by atoms with Crippen LogP contribution in [0, 0.1) is 0 Å². The smallest absolute Gasteiger partial charge is 0.404 e. The standard InChI is InChI=1S/C4H6BrNO2/c1-3(5)2-6-4(7)8/h6H,1-2H2,(H,7,8). The van der Waals surface area contributed by atoms with Crippen LogP contribution < -0.4 is 5.32 Å². The van der Waals surface area contributed by atoms with E-state index in [2.05, 4.69) is 27.8 Å². The summed E-state index contributed by atoms with van der Waals surface area (Å²) < 4.78 is 0.625. The van der Waals surface area contributed by atoms with Crippen molar-refractivity contribution in [3.8, 4) is 0 Å². The van der Waals surface area contributed by atoms with Crippen molar-refractivity contribution >= 4 is 22.0 Å². The van der Waals surface area contributed by atoms with Crippen LogP contribution in [0.5, 0.6) is 0 Å². The number of rotatable bonds is 2. The van der Waals surface area contributed by atoms with E-state index >= 15 is 0 Å². The van der Waals surface area contributed by atoms with Gasteiger partial charge in [0.1, 0.15) is 0 Å². The van der Waals surface area contributed by atoms with Crippen molar-refractivity contribution < 1.29 is 9.90 Å². The molecule has 2 N–H and O–H groups in total. The minimum atomic E-state index is -1.04. The highest BCUT2D eigenvalue weighted by Gasteiger charge is 1.91. The molecule has 0 aromatic carbocycles. The molecule has 3 nitrogen and oxygen atoms in total. The topological polar surface area (TPSA) is 49.3 Å². The molecule has 0 aliphatic rings. The Morgan fingerprint density at radius 2 is 2.38 bits per heavy atom. The lowest BCUT2D eigenvalue weighted by atomic mass is 10.6. The average molecular weight is 180 g/mol. The van der Waals surface area contributed by atoms with Gasteiger partial charge in [0.2, 0.25) is 0 Å². The molecule has 0 aromatic heterocycles. The van der Waals surface area contributed by atoms with Crippen LogP contribution in [0.25, 0.3) is 0 Å². The van der Waals surface area contributed by atoms with Gasteiger partial charge in [-0.25, -0.2) is 4.79 Å². The normalized spacial score (nSPS) is 8.12. The number of carboxylic acid groups (broad SMARTS) is 1. The fourth-order valence-corrected chi connectivity index (χ4v) is 0.312. The fourth-order valence-electron chi connectivity index (χ4n) is 0.172. The summed E-state index contributed by atoms with van der Waals surface area (Å²) in [7, 11) is 0. The van der Waals surface area contributed by atoms with Crippen LogP contribution in [-0.4, -0.2) is 17.7 Å². The third-order valence-electron chi connectivity index (χ3n) is 0.431. The Morgan fingerprint density at radius 1 is 1.88 bits per heavy atom. The van der Waals surface area contributed by atoms with Gasteiger partial charge in [-0.2, -0.15) is 0 Å². The zero-order chi connectivity index (χ0) is 6.57. The van der Waals surface area contributed by atoms with E-state index in [9.17, 15) is 4.79 Å². The van der Waals surface area contributed by atoms with Crippen LogP contribution in [0.2, 0.25) is 0 Å². The molecular weight excluding hydrogens is 174 g/mol. The predicted molar refractivity (Wildman–Crippen MR) is 34.1 cm³/mol. The largest absolute Gasteiger partial charge is 0.465 e. The summed E-state index contributed by atoms with van der Waals surface area (Å²) in [5.74, 6) is 0. The summed E-state index contributed by atoms with van der Waals surface area (Å²) in [5, 5.41) is 10.1. The van der Waals surface area contributed by atoms with Gasteiger partial charge >= 0.3 is 6.09 Å². The lowest BCUT2D eigenvalue weighted by Gasteiger charge is -1.94. The Bertz CT molecular complexity index is 98.6. The monoisotopic (exact) mass is 179 g/mol. The molecule has 0 unspecified atom stereocenters. The molecule has 0 aliphatic carbocycles. The van der Waals surface area contributed by atoms with Crippen molar-refractivity contribution in [3.63, 3.8) is 0 Å². The van der Waals surface area contributed by atoms with E-state index in [0.29, 0.717) is 4.48 Å². The highest BCUT2D eigenvalue weighted by Crippen LogP contribution is 1.95. The van der Waals surface area contributed by atoms with Gasteiger partial charge in [0, 0.05) is 4.48 Å². The molecule has 0 saturated carbocycles. The minimum Gasteiger partial charge on any atom is -0.465 e. The van der Waals surface area contributed by atoms with Gasteiger partial charge in [0.05, 0.1) is 6.54 Å². The summed E-state index contributed by atoms with van der Waals surface area (Å²) in [6, 6.07) is 0. The Morgan fingerprint density at radius 3 is 2.50 bits per heavy atom. The second-order valence-corrected chi connectivity index (χ2v) is 2.30. The lowest BCUT2D eigenvalue weighted by Crippen LogP contribution is -2.21. The van der Waals surface area contributed by atoms with Crippen molar-refractivity contribution in [2.45, 2.75) is 0 Å². The summed E-state index contributed by atoms with van der Waals surface area (Å²) in [4.78, 5) is 9.73. The summed E-state index contributed by atoms with van der Waals surface area (Å²) >= 11 is 2.98. The van der Waals surface area contributed by atoms with Gasteiger partial charge in [0.15, 0.2) is 0 Å². The van der Waals surface area contributed by atoms with Crippen molar-refractivity contribution in [1.82, 2.24) is 5.32 Å². The lowest BCUT2D eigenvalue weighted by molar-refractivity contribution is 0.195. The third-order valence-corrected chi connectivity index (χ3v) is 0.712. The molecule has 0 fully saturated rings. The van der Waals surface area contributed by atoms with Crippen LogP contribution >= 0.6 is 15.9 Å². The number of nitrogens with one attached hydrogen (secondary N) is 1. The molecule has 0 aromatic rings. The van der Waals surface area contributed by atoms with Crippen LogP contribution in [0.3, 0.4) is 0 Å². The number of hydrogen-bond donors (Lipinski definition) is 2.